The van der Waals surface area contributed by atoms with Crippen LogP contribution >= 0.6 is 0 Å². The summed E-state index contributed by atoms with van der Waals surface area (Å²) in [6.45, 7) is 3.56. The number of ether oxygens (including phenoxy) is 1. The first kappa shape index (κ1) is 28.5. The van der Waals surface area contributed by atoms with Crippen molar-refractivity contribution in [3.05, 3.63) is 112 Å². The molecule has 2 amide bonds. The Balaban J connectivity index is 1.34. The molecule has 0 saturated heterocycles. The van der Waals surface area contributed by atoms with Crippen molar-refractivity contribution in [3.63, 3.8) is 0 Å². The Bertz CT molecular complexity index is 2030. The molecule has 0 saturated carbocycles. The van der Waals surface area contributed by atoms with Crippen LogP contribution in [0.3, 0.4) is 0 Å². The monoisotopic (exact) mass is 596 g/mol. The fraction of sp³-hybridized carbons (Fsp3) is 0.152. The van der Waals surface area contributed by atoms with Gasteiger partial charge >= 0.3 is 0 Å². The summed E-state index contributed by atoms with van der Waals surface area (Å²) in [5.41, 5.74) is 9.03. The smallest absolute Gasteiger partial charge is 0.255 e. The van der Waals surface area contributed by atoms with Crippen LogP contribution < -0.4 is 15.8 Å². The van der Waals surface area contributed by atoms with Gasteiger partial charge in [-0.1, -0.05) is 6.07 Å². The Labute approximate surface area is 249 Å². The summed E-state index contributed by atoms with van der Waals surface area (Å²) in [5, 5.41) is 2.81. The minimum atomic E-state index is -0.886. The Hall–Kier alpha value is -5.58. The first-order chi connectivity index (χ1) is 21.1. The number of primary amides is 1. The van der Waals surface area contributed by atoms with Gasteiger partial charge in [-0.15, -0.1) is 0 Å². The van der Waals surface area contributed by atoms with E-state index in [4.69, 9.17) is 19.3 Å². The van der Waals surface area contributed by atoms with Crippen molar-refractivity contribution in [2.75, 3.05) is 7.11 Å². The second-order valence-electron chi connectivity index (χ2n) is 10.3. The highest BCUT2D eigenvalue weighted by Gasteiger charge is 2.26. The molecule has 44 heavy (non-hydrogen) atoms. The number of amides is 2. The quantitative estimate of drug-likeness (QED) is 0.207. The van der Waals surface area contributed by atoms with E-state index >= 15 is 4.39 Å². The van der Waals surface area contributed by atoms with Crippen LogP contribution in [0.2, 0.25) is 0 Å². The van der Waals surface area contributed by atoms with Gasteiger partial charge in [-0.05, 0) is 79.1 Å². The van der Waals surface area contributed by atoms with Crippen LogP contribution in [0.1, 0.15) is 56.3 Å². The van der Waals surface area contributed by atoms with Gasteiger partial charge in [-0.2, -0.15) is 0 Å². The lowest BCUT2D eigenvalue weighted by Gasteiger charge is -2.16. The van der Waals surface area contributed by atoms with Gasteiger partial charge in [0.1, 0.15) is 40.3 Å². The standard InChI is InChI=1S/C33H26F2N4O5/c1-16-12-25(42-3)22(32(41)38-17(2)33-39-23-10-11-37-15-26(23)44-33)14-20(16)13-19-6-9-24-27(29(19)35)28(31(36)40)30(43-24)18-4-7-21(34)8-5-18/h4-12,14-15,17H,13H2,1-3H3,(H2,36,40)(H,38,41). The Morgan fingerprint density at radius 1 is 1.02 bits per heavy atom. The lowest BCUT2D eigenvalue weighted by Crippen LogP contribution is -2.27. The summed E-state index contributed by atoms with van der Waals surface area (Å²) in [6, 6.07) is 12.9. The SMILES string of the molecule is COc1cc(C)c(Cc2ccc3oc(-c4ccc(F)cc4)c(C(N)=O)c3c2F)cc1C(=O)NC(C)c1nc2ccncc2o1. The summed E-state index contributed by atoms with van der Waals surface area (Å²) >= 11 is 0. The van der Waals surface area contributed by atoms with E-state index in [0.717, 1.165) is 5.56 Å². The summed E-state index contributed by atoms with van der Waals surface area (Å²) in [5.74, 6) is -1.79. The average Bonchev–Trinajstić information content (AvgIpc) is 3.62. The van der Waals surface area contributed by atoms with Gasteiger partial charge < -0.3 is 24.6 Å². The maximum Gasteiger partial charge on any atom is 0.255 e. The van der Waals surface area contributed by atoms with E-state index < -0.39 is 29.5 Å². The van der Waals surface area contributed by atoms with E-state index in [1.807, 2.05) is 6.92 Å². The Morgan fingerprint density at radius 2 is 1.80 bits per heavy atom. The van der Waals surface area contributed by atoms with Crippen molar-refractivity contribution in [2.24, 2.45) is 5.73 Å². The number of carbonyl (C=O) groups excluding carboxylic acids is 2. The number of nitrogens with two attached hydrogens (primary N) is 1. The number of fused-ring (bicyclic) bond motifs is 2. The molecule has 0 aliphatic carbocycles. The van der Waals surface area contributed by atoms with Crippen LogP contribution in [0.25, 0.3) is 33.4 Å². The number of pyridine rings is 1. The molecule has 222 valence electrons. The summed E-state index contributed by atoms with van der Waals surface area (Å²) < 4.78 is 46.7. The third-order valence-corrected chi connectivity index (χ3v) is 7.44. The number of nitrogens with one attached hydrogen (secondary N) is 1. The minimum Gasteiger partial charge on any atom is -0.496 e. The van der Waals surface area contributed by atoms with Crippen molar-refractivity contribution in [3.8, 4) is 17.1 Å². The summed E-state index contributed by atoms with van der Waals surface area (Å²) in [7, 11) is 1.46. The van der Waals surface area contributed by atoms with Crippen LogP contribution in [0, 0.1) is 18.6 Å². The number of hydrogen-bond acceptors (Lipinski definition) is 7. The van der Waals surface area contributed by atoms with Gasteiger partial charge in [0, 0.05) is 18.2 Å². The van der Waals surface area contributed by atoms with Crippen molar-refractivity contribution >= 4 is 33.9 Å². The topological polar surface area (TPSA) is 133 Å². The number of benzene rings is 3. The third kappa shape index (κ3) is 5.13. The number of aromatic nitrogens is 2. The zero-order chi connectivity index (χ0) is 31.1. The average molecular weight is 597 g/mol. The highest BCUT2D eigenvalue weighted by Crippen LogP contribution is 2.37. The van der Waals surface area contributed by atoms with Crippen molar-refractivity contribution in [2.45, 2.75) is 26.3 Å². The fourth-order valence-electron chi connectivity index (χ4n) is 5.16. The van der Waals surface area contributed by atoms with Gasteiger partial charge in [-0.25, -0.2) is 13.8 Å². The number of carbonyl (C=O) groups is 2. The van der Waals surface area contributed by atoms with Gasteiger partial charge in [0.05, 0.1) is 29.8 Å². The lowest BCUT2D eigenvalue weighted by molar-refractivity contribution is 0.0930. The van der Waals surface area contributed by atoms with Crippen LogP contribution in [0.5, 0.6) is 5.75 Å². The van der Waals surface area contributed by atoms with Crippen LogP contribution in [-0.4, -0.2) is 28.9 Å². The van der Waals surface area contributed by atoms with Crippen LogP contribution in [-0.2, 0) is 6.42 Å². The molecule has 3 aromatic carbocycles. The van der Waals surface area contributed by atoms with Crippen molar-refractivity contribution < 1.29 is 31.9 Å². The number of furan rings is 1. The Kier molecular flexibility index (Phi) is 7.30. The van der Waals surface area contributed by atoms with Crippen LogP contribution in [0.15, 0.2) is 75.8 Å². The maximum absolute atomic E-state index is 16.1. The molecule has 3 heterocycles. The number of oxazole rings is 1. The third-order valence-electron chi connectivity index (χ3n) is 7.44. The second kappa shape index (κ2) is 11.3. The predicted molar refractivity (Wildman–Crippen MR) is 158 cm³/mol. The highest BCUT2D eigenvalue weighted by atomic mass is 19.1. The number of halogens is 2. The molecule has 1 atom stereocenters. The molecule has 0 aliphatic rings. The van der Waals surface area contributed by atoms with Gasteiger partial charge in [0.25, 0.3) is 11.8 Å². The Morgan fingerprint density at radius 3 is 2.50 bits per heavy atom. The fourth-order valence-corrected chi connectivity index (χ4v) is 5.16. The number of aryl methyl sites for hydroxylation is 1. The van der Waals surface area contributed by atoms with Gasteiger partial charge in [0.2, 0.25) is 5.89 Å². The van der Waals surface area contributed by atoms with Gasteiger partial charge in [-0.3, -0.25) is 14.6 Å². The molecule has 6 aromatic rings. The second-order valence-corrected chi connectivity index (χ2v) is 10.3. The van der Waals surface area contributed by atoms with E-state index in [1.54, 1.807) is 49.6 Å². The van der Waals surface area contributed by atoms with E-state index in [9.17, 15) is 14.0 Å². The number of methoxy groups -OCH3 is 1. The number of hydrogen-bond donors (Lipinski definition) is 2. The molecular formula is C33H26F2N4O5. The molecule has 0 radical (unpaired) electrons. The first-order valence-electron chi connectivity index (χ1n) is 13.6. The molecule has 0 aliphatic heterocycles. The van der Waals surface area contributed by atoms with E-state index in [1.165, 1.54) is 31.4 Å². The minimum absolute atomic E-state index is 0.0486. The molecule has 0 bridgehead atoms. The molecule has 11 heteroatoms. The molecule has 3 aromatic heterocycles. The lowest BCUT2D eigenvalue weighted by atomic mass is 9.95. The predicted octanol–water partition coefficient (Wildman–Crippen LogP) is 6.41. The molecule has 0 fully saturated rings. The zero-order valence-electron chi connectivity index (χ0n) is 23.9. The molecule has 1 unspecified atom stereocenters. The van der Waals surface area contributed by atoms with Crippen LogP contribution in [0.4, 0.5) is 8.78 Å². The molecular weight excluding hydrogens is 570 g/mol. The van der Waals surface area contributed by atoms with E-state index in [2.05, 4.69) is 15.3 Å². The highest BCUT2D eigenvalue weighted by molar-refractivity contribution is 6.11. The zero-order valence-corrected chi connectivity index (χ0v) is 23.9. The first-order valence-corrected chi connectivity index (χ1v) is 13.6. The molecule has 6 rings (SSSR count). The largest absolute Gasteiger partial charge is 0.496 e. The normalized spacial score (nSPS) is 12.0. The van der Waals surface area contributed by atoms with Crippen molar-refractivity contribution in [1.29, 1.82) is 0 Å². The summed E-state index contributed by atoms with van der Waals surface area (Å²) in [6.07, 6.45) is 3.23. The van der Waals surface area contributed by atoms with Gasteiger partial charge in [0.15, 0.2) is 5.58 Å². The number of rotatable bonds is 8. The molecule has 0 spiro atoms. The van der Waals surface area contributed by atoms with E-state index in [0.29, 0.717) is 33.9 Å². The van der Waals surface area contributed by atoms with E-state index in [-0.39, 0.29) is 39.8 Å². The number of nitrogens with zero attached hydrogens (tertiary/aromatic N) is 2. The molecule has 9 nitrogen and oxygen atoms in total. The maximum atomic E-state index is 16.1. The molecule has 3 N–H and O–H groups in total. The van der Waals surface area contributed by atoms with Crippen molar-refractivity contribution in [1.82, 2.24) is 15.3 Å². The summed E-state index contributed by atoms with van der Waals surface area (Å²) in [4.78, 5) is 34.4.